The Hall–Kier alpha value is -8.44. The van der Waals surface area contributed by atoms with Crippen LogP contribution in [0, 0.1) is 0 Å². The number of fused-ring (bicyclic) bond motifs is 2. The Balaban J connectivity index is 0.000000164. The molecule has 10 aromatic rings. The fourth-order valence-corrected chi connectivity index (χ4v) is 7.85. The molecule has 65 heavy (non-hydrogen) atoms. The zero-order valence-corrected chi connectivity index (χ0v) is 35.6. The molecule has 0 aliphatic carbocycles. The Morgan fingerprint density at radius 3 is 1.43 bits per heavy atom. The van der Waals surface area contributed by atoms with E-state index in [0.29, 0.717) is 54.2 Å². The average Bonchev–Trinajstić information content (AvgIpc) is 4.06. The number of nitrogens with zero attached hydrogens (tertiary/aromatic N) is 6. The normalized spacial score (nSPS) is 11.0. The third kappa shape index (κ3) is 9.95. The number of benzene rings is 5. The smallest absolute Gasteiger partial charge is 0.309 e. The van der Waals surface area contributed by atoms with E-state index >= 15 is 0 Å². The van der Waals surface area contributed by atoms with Crippen molar-refractivity contribution >= 4 is 23.2 Å². The van der Waals surface area contributed by atoms with Crippen molar-refractivity contribution in [2.24, 2.45) is 0 Å². The monoisotopic (exact) mass is 856 g/mol. The van der Waals surface area contributed by atoms with Gasteiger partial charge in [-0.15, -0.1) is 0 Å². The fourth-order valence-electron chi connectivity index (χ4n) is 7.85. The van der Waals surface area contributed by atoms with Gasteiger partial charge in [-0.3, -0.25) is 18.4 Å². The maximum absolute atomic E-state index is 11.9. The molecule has 0 aliphatic heterocycles. The zero-order chi connectivity index (χ0) is 44.5. The number of aromatic nitrogens is 6. The van der Waals surface area contributed by atoms with Crippen molar-refractivity contribution in [3.63, 3.8) is 0 Å². The van der Waals surface area contributed by atoms with Gasteiger partial charge in [-0.25, -0.2) is 19.9 Å². The molecule has 11 heteroatoms. The lowest BCUT2D eigenvalue weighted by Crippen LogP contribution is -2.08. The molecule has 0 aliphatic rings. The molecule has 5 aromatic carbocycles. The second kappa shape index (κ2) is 19.3. The molecule has 5 aromatic heterocycles. The SMILES string of the molecule is CC(=O)Oc1c(Cc2ccco2)nc2c(Cc3ccccc3)nc(-c3ccccc3)cn12.O=C(O)Cc1c(Cc2ccccc2)nc2c(Cc3ccccc3)nc(-c3ccccc3)cn12. The highest BCUT2D eigenvalue weighted by molar-refractivity contribution is 5.72. The van der Waals surface area contributed by atoms with Gasteiger partial charge in [-0.05, 0) is 28.8 Å². The minimum absolute atomic E-state index is 0.105. The highest BCUT2D eigenvalue weighted by Crippen LogP contribution is 2.30. The number of carbonyl (C=O) groups is 2. The van der Waals surface area contributed by atoms with Crippen LogP contribution in [0.25, 0.3) is 33.8 Å². The standard InChI is InChI=1S/C28H23N3O2.C26H21N3O3/c32-27(33)18-26-23(16-20-10-4-1-5-11-20)30-28-24(17-21-12-6-2-7-13-21)29-25(19-31(26)28)22-14-8-3-9-15-22;1-18(30)32-26-23(16-21-13-8-14-31-21)28-25-22(15-19-9-4-2-5-10-19)27-24(17-29(25)26)20-11-6-3-7-12-20/h1-15,19H,16-18H2,(H,32,33);2-14,17H,15-16H2,1H3. The number of carboxylic acids is 1. The van der Waals surface area contributed by atoms with Gasteiger partial charge < -0.3 is 14.3 Å². The Kier molecular flexibility index (Phi) is 12.4. The highest BCUT2D eigenvalue weighted by Gasteiger charge is 2.23. The number of aliphatic carboxylic acids is 1. The molecule has 0 spiro atoms. The lowest BCUT2D eigenvalue weighted by Gasteiger charge is -2.10. The molecule has 0 unspecified atom stereocenters. The van der Waals surface area contributed by atoms with Gasteiger partial charge in [0.1, 0.15) is 11.5 Å². The number of furan rings is 1. The van der Waals surface area contributed by atoms with Crippen LogP contribution in [-0.4, -0.2) is 45.8 Å². The first-order valence-corrected chi connectivity index (χ1v) is 21.3. The van der Waals surface area contributed by atoms with Crippen LogP contribution in [0.4, 0.5) is 0 Å². The summed E-state index contributed by atoms with van der Waals surface area (Å²) in [6, 6.07) is 53.9. The van der Waals surface area contributed by atoms with E-state index in [2.05, 4.69) is 24.3 Å². The van der Waals surface area contributed by atoms with Crippen LogP contribution < -0.4 is 4.74 Å². The lowest BCUT2D eigenvalue weighted by molar-refractivity contribution is -0.136. The number of imidazole rings is 2. The minimum Gasteiger partial charge on any atom is -0.481 e. The van der Waals surface area contributed by atoms with E-state index in [9.17, 15) is 14.7 Å². The Morgan fingerprint density at radius 1 is 0.523 bits per heavy atom. The first kappa shape index (κ1) is 41.9. The molecule has 0 saturated carbocycles. The van der Waals surface area contributed by atoms with Gasteiger partial charge in [0.25, 0.3) is 0 Å². The molecule has 10 rings (SSSR count). The van der Waals surface area contributed by atoms with E-state index in [4.69, 9.17) is 29.1 Å². The molecular weight excluding hydrogens is 813 g/mol. The molecule has 0 amide bonds. The van der Waals surface area contributed by atoms with Crippen LogP contribution in [0.5, 0.6) is 5.88 Å². The topological polar surface area (TPSA) is 137 Å². The van der Waals surface area contributed by atoms with E-state index in [-0.39, 0.29) is 6.42 Å². The number of rotatable bonds is 13. The second-order valence-electron chi connectivity index (χ2n) is 15.5. The Bertz CT molecular complexity index is 3190. The molecule has 0 radical (unpaired) electrons. The lowest BCUT2D eigenvalue weighted by atomic mass is 10.1. The van der Waals surface area contributed by atoms with Gasteiger partial charge in [0.15, 0.2) is 11.3 Å². The number of hydrogen-bond donors (Lipinski definition) is 1. The molecule has 320 valence electrons. The van der Waals surface area contributed by atoms with Crippen molar-refractivity contribution in [1.82, 2.24) is 28.7 Å². The summed E-state index contributed by atoms with van der Waals surface area (Å²) in [5.74, 6) is -0.163. The molecule has 11 nitrogen and oxygen atoms in total. The van der Waals surface area contributed by atoms with Crippen molar-refractivity contribution in [3.8, 4) is 28.4 Å². The van der Waals surface area contributed by atoms with E-state index in [1.807, 2.05) is 161 Å². The van der Waals surface area contributed by atoms with E-state index in [1.165, 1.54) is 6.92 Å². The van der Waals surface area contributed by atoms with Crippen LogP contribution in [0.2, 0.25) is 0 Å². The predicted molar refractivity (Wildman–Crippen MR) is 249 cm³/mol. The third-order valence-corrected chi connectivity index (χ3v) is 10.8. The number of carboxylic acid groups (broad SMARTS) is 1. The summed E-state index contributed by atoms with van der Waals surface area (Å²) in [6.07, 6.45) is 7.48. The van der Waals surface area contributed by atoms with E-state index < -0.39 is 11.9 Å². The summed E-state index contributed by atoms with van der Waals surface area (Å²) in [7, 11) is 0. The summed E-state index contributed by atoms with van der Waals surface area (Å²) in [5, 5.41) is 9.67. The molecule has 0 bridgehead atoms. The molecule has 1 N–H and O–H groups in total. The van der Waals surface area contributed by atoms with Gasteiger partial charge in [0.2, 0.25) is 5.88 Å². The number of hydrogen-bond acceptors (Lipinski definition) is 8. The predicted octanol–water partition coefficient (Wildman–Crippen LogP) is 10.3. The van der Waals surface area contributed by atoms with Gasteiger partial charge in [-0.2, -0.15) is 0 Å². The van der Waals surface area contributed by atoms with Crippen LogP contribution >= 0.6 is 0 Å². The summed E-state index contributed by atoms with van der Waals surface area (Å²) in [6.45, 7) is 1.39. The van der Waals surface area contributed by atoms with Crippen LogP contribution in [0.1, 0.15) is 57.8 Å². The molecule has 5 heterocycles. The zero-order valence-electron chi connectivity index (χ0n) is 35.6. The minimum atomic E-state index is -0.881. The molecular formula is C54H44N6O5. The second-order valence-corrected chi connectivity index (χ2v) is 15.5. The van der Waals surface area contributed by atoms with Gasteiger partial charge in [-0.1, -0.05) is 152 Å². The largest absolute Gasteiger partial charge is 0.481 e. The number of esters is 1. The van der Waals surface area contributed by atoms with Gasteiger partial charge in [0, 0.05) is 49.7 Å². The first-order chi connectivity index (χ1) is 31.8. The number of carbonyl (C=O) groups excluding carboxylic acids is 1. The first-order valence-electron chi connectivity index (χ1n) is 21.3. The maximum atomic E-state index is 11.9. The molecule has 0 saturated heterocycles. The quantitative estimate of drug-likeness (QED) is 0.112. The molecule has 0 atom stereocenters. The highest BCUT2D eigenvalue weighted by atomic mass is 16.5. The van der Waals surface area contributed by atoms with Crippen LogP contribution in [0.3, 0.4) is 0 Å². The summed E-state index contributed by atoms with van der Waals surface area (Å²) in [5.41, 5.74) is 11.9. The van der Waals surface area contributed by atoms with Crippen molar-refractivity contribution in [2.45, 2.75) is 39.0 Å². The average molecular weight is 857 g/mol. The summed E-state index contributed by atoms with van der Waals surface area (Å²) in [4.78, 5) is 43.4. The third-order valence-electron chi connectivity index (χ3n) is 10.8. The summed E-state index contributed by atoms with van der Waals surface area (Å²) >= 11 is 0. The van der Waals surface area contributed by atoms with Crippen molar-refractivity contribution in [2.75, 3.05) is 0 Å². The van der Waals surface area contributed by atoms with Crippen molar-refractivity contribution in [3.05, 3.63) is 233 Å². The van der Waals surface area contributed by atoms with Gasteiger partial charge >= 0.3 is 11.9 Å². The van der Waals surface area contributed by atoms with Crippen LogP contribution in [0.15, 0.2) is 187 Å². The van der Waals surface area contributed by atoms with Crippen molar-refractivity contribution < 1.29 is 23.8 Å². The number of ether oxygens (including phenoxy) is 1. The van der Waals surface area contributed by atoms with Crippen molar-refractivity contribution in [1.29, 1.82) is 0 Å². The fraction of sp³-hybridized carbons (Fsp3) is 0.111. The van der Waals surface area contributed by atoms with E-state index in [0.717, 1.165) is 62.0 Å². The van der Waals surface area contributed by atoms with Gasteiger partial charge in [0.05, 0.1) is 53.3 Å². The van der Waals surface area contributed by atoms with Crippen LogP contribution in [-0.2, 0) is 41.7 Å². The molecule has 0 fully saturated rings. The summed E-state index contributed by atoms with van der Waals surface area (Å²) < 4.78 is 14.9. The Morgan fingerprint density at radius 2 is 0.969 bits per heavy atom. The Labute approximate surface area is 375 Å². The maximum Gasteiger partial charge on any atom is 0.309 e. The van der Waals surface area contributed by atoms with E-state index in [1.54, 1.807) is 6.26 Å².